The van der Waals surface area contributed by atoms with E-state index < -0.39 is 0 Å². The van der Waals surface area contributed by atoms with Crippen LogP contribution in [0.3, 0.4) is 0 Å². The van der Waals surface area contributed by atoms with Gasteiger partial charge in [-0.3, -0.25) is 4.90 Å². The maximum absolute atomic E-state index is 9.02. The molecule has 2 nitrogen and oxygen atoms in total. The molecule has 0 aliphatic carbocycles. The summed E-state index contributed by atoms with van der Waals surface area (Å²) in [4.78, 5) is 2.47. The van der Waals surface area contributed by atoms with Gasteiger partial charge in [0.2, 0.25) is 0 Å². The lowest BCUT2D eigenvalue weighted by Crippen LogP contribution is -2.36. The van der Waals surface area contributed by atoms with Crippen LogP contribution in [0, 0.1) is 0 Å². The molecular formula is C14H21NO. The molecule has 1 aliphatic heterocycles. The number of aliphatic hydroxyl groups is 1. The first-order chi connectivity index (χ1) is 7.72. The predicted octanol–water partition coefficient (Wildman–Crippen LogP) is 2.72. The zero-order valence-electron chi connectivity index (χ0n) is 10.2. The Balaban J connectivity index is 2.15. The number of likely N-dealkylation sites (tertiary alicyclic amines) is 1. The van der Waals surface area contributed by atoms with Crippen LogP contribution < -0.4 is 0 Å². The minimum absolute atomic E-state index is 0.136. The summed E-state index contributed by atoms with van der Waals surface area (Å²) in [7, 11) is 2.22. The van der Waals surface area contributed by atoms with Gasteiger partial charge in [-0.2, -0.15) is 0 Å². The zero-order chi connectivity index (χ0) is 11.5. The van der Waals surface area contributed by atoms with Crippen molar-refractivity contribution in [2.45, 2.75) is 44.9 Å². The normalized spacial score (nSPS) is 26.9. The van der Waals surface area contributed by atoms with Crippen LogP contribution in [0.15, 0.2) is 24.3 Å². The van der Waals surface area contributed by atoms with Gasteiger partial charge in [0.25, 0.3) is 0 Å². The maximum atomic E-state index is 9.02. The van der Waals surface area contributed by atoms with Gasteiger partial charge in [-0.15, -0.1) is 0 Å². The Morgan fingerprint density at radius 3 is 2.56 bits per heavy atom. The molecule has 16 heavy (non-hydrogen) atoms. The Labute approximate surface area is 97.9 Å². The smallest absolute Gasteiger partial charge is 0.0681 e. The molecule has 0 amide bonds. The van der Waals surface area contributed by atoms with Crippen molar-refractivity contribution in [3.8, 4) is 0 Å². The van der Waals surface area contributed by atoms with Gasteiger partial charge >= 0.3 is 0 Å². The van der Waals surface area contributed by atoms with E-state index in [1.165, 1.54) is 24.8 Å². The third kappa shape index (κ3) is 2.28. The van der Waals surface area contributed by atoms with Crippen LogP contribution in [-0.2, 0) is 6.61 Å². The van der Waals surface area contributed by atoms with Crippen molar-refractivity contribution in [1.29, 1.82) is 0 Å². The van der Waals surface area contributed by atoms with Gasteiger partial charge in [-0.05, 0) is 37.9 Å². The van der Waals surface area contributed by atoms with Gasteiger partial charge in [-0.1, -0.05) is 30.7 Å². The number of benzene rings is 1. The monoisotopic (exact) mass is 219 g/mol. The van der Waals surface area contributed by atoms with E-state index in [9.17, 15) is 0 Å². The SMILES string of the molecule is CC1CCCC(c2ccc(CO)cc2)N1C. The number of hydrogen-bond donors (Lipinski definition) is 1. The standard InChI is InChI=1S/C14H21NO/c1-11-4-3-5-14(15(11)2)13-8-6-12(10-16)7-9-13/h6-9,11,14,16H,3-5,10H2,1-2H3. The highest BCUT2D eigenvalue weighted by Gasteiger charge is 2.25. The molecule has 2 rings (SSSR count). The van der Waals surface area contributed by atoms with Crippen LogP contribution in [0.1, 0.15) is 43.4 Å². The Morgan fingerprint density at radius 1 is 1.25 bits per heavy atom. The second-order valence-corrected chi connectivity index (χ2v) is 4.86. The number of rotatable bonds is 2. The van der Waals surface area contributed by atoms with Crippen LogP contribution in [0.5, 0.6) is 0 Å². The van der Waals surface area contributed by atoms with Gasteiger partial charge < -0.3 is 5.11 Å². The second kappa shape index (κ2) is 4.98. The number of hydrogen-bond acceptors (Lipinski definition) is 2. The first-order valence-electron chi connectivity index (χ1n) is 6.14. The summed E-state index contributed by atoms with van der Waals surface area (Å²) in [5, 5.41) is 9.02. The van der Waals surface area contributed by atoms with Crippen molar-refractivity contribution >= 4 is 0 Å². The van der Waals surface area contributed by atoms with Crippen molar-refractivity contribution in [2.24, 2.45) is 0 Å². The van der Waals surface area contributed by atoms with Gasteiger partial charge in [0.1, 0.15) is 0 Å². The van der Waals surface area contributed by atoms with E-state index in [-0.39, 0.29) is 6.61 Å². The molecule has 1 aromatic rings. The van der Waals surface area contributed by atoms with Crippen LogP contribution in [0.25, 0.3) is 0 Å². The molecular weight excluding hydrogens is 198 g/mol. The third-order valence-electron chi connectivity index (χ3n) is 3.83. The van der Waals surface area contributed by atoms with E-state index in [2.05, 4.69) is 31.0 Å². The van der Waals surface area contributed by atoms with Crippen LogP contribution in [0.2, 0.25) is 0 Å². The maximum Gasteiger partial charge on any atom is 0.0681 e. The lowest BCUT2D eigenvalue weighted by atomic mass is 9.92. The van der Waals surface area contributed by atoms with Crippen molar-refractivity contribution < 1.29 is 5.11 Å². The summed E-state index contributed by atoms with van der Waals surface area (Å²) in [5.74, 6) is 0. The van der Waals surface area contributed by atoms with E-state index in [1.54, 1.807) is 0 Å². The molecule has 0 spiro atoms. The summed E-state index contributed by atoms with van der Waals surface area (Å²) >= 11 is 0. The van der Waals surface area contributed by atoms with E-state index in [0.29, 0.717) is 12.1 Å². The summed E-state index contributed by atoms with van der Waals surface area (Å²) in [5.41, 5.74) is 2.38. The Bertz CT molecular complexity index is 333. The van der Waals surface area contributed by atoms with Gasteiger partial charge in [0.05, 0.1) is 6.61 Å². The molecule has 2 heteroatoms. The minimum Gasteiger partial charge on any atom is -0.392 e. The predicted molar refractivity (Wildman–Crippen MR) is 66.2 cm³/mol. The van der Waals surface area contributed by atoms with Crippen LogP contribution >= 0.6 is 0 Å². The Morgan fingerprint density at radius 2 is 1.94 bits per heavy atom. The molecule has 2 unspecified atom stereocenters. The quantitative estimate of drug-likeness (QED) is 0.826. The summed E-state index contributed by atoms with van der Waals surface area (Å²) in [6.07, 6.45) is 3.87. The lowest BCUT2D eigenvalue weighted by Gasteiger charge is -2.38. The molecule has 2 atom stereocenters. The fraction of sp³-hybridized carbons (Fsp3) is 0.571. The van der Waals surface area contributed by atoms with Crippen molar-refractivity contribution in [1.82, 2.24) is 4.90 Å². The molecule has 1 heterocycles. The third-order valence-corrected chi connectivity index (χ3v) is 3.83. The second-order valence-electron chi connectivity index (χ2n) is 4.86. The highest BCUT2D eigenvalue weighted by atomic mass is 16.3. The van der Waals surface area contributed by atoms with Gasteiger partial charge in [0, 0.05) is 12.1 Å². The topological polar surface area (TPSA) is 23.5 Å². The summed E-state index contributed by atoms with van der Waals surface area (Å²) < 4.78 is 0. The molecule has 1 N–H and O–H groups in total. The van der Waals surface area contributed by atoms with Crippen LogP contribution in [0.4, 0.5) is 0 Å². The summed E-state index contributed by atoms with van der Waals surface area (Å²) in [6.45, 7) is 2.44. The van der Waals surface area contributed by atoms with E-state index in [0.717, 1.165) is 5.56 Å². The van der Waals surface area contributed by atoms with E-state index in [4.69, 9.17) is 5.11 Å². The average Bonchev–Trinajstić information content (AvgIpc) is 2.33. The molecule has 1 saturated heterocycles. The van der Waals surface area contributed by atoms with Crippen LogP contribution in [-0.4, -0.2) is 23.1 Å². The minimum atomic E-state index is 0.136. The van der Waals surface area contributed by atoms with Crippen molar-refractivity contribution in [2.75, 3.05) is 7.05 Å². The molecule has 88 valence electrons. The largest absolute Gasteiger partial charge is 0.392 e. The Kier molecular flexibility index (Phi) is 3.62. The van der Waals surface area contributed by atoms with Gasteiger partial charge in [0.15, 0.2) is 0 Å². The summed E-state index contributed by atoms with van der Waals surface area (Å²) in [6, 6.07) is 9.60. The van der Waals surface area contributed by atoms with Crippen molar-refractivity contribution in [3.63, 3.8) is 0 Å². The molecule has 0 saturated carbocycles. The molecule has 0 aromatic heterocycles. The van der Waals surface area contributed by atoms with E-state index in [1.807, 2.05) is 12.1 Å². The fourth-order valence-electron chi connectivity index (χ4n) is 2.57. The number of nitrogens with zero attached hydrogens (tertiary/aromatic N) is 1. The number of aliphatic hydroxyl groups excluding tert-OH is 1. The molecule has 0 bridgehead atoms. The Hall–Kier alpha value is -0.860. The first kappa shape index (κ1) is 11.6. The molecule has 1 fully saturated rings. The zero-order valence-corrected chi connectivity index (χ0v) is 10.2. The lowest BCUT2D eigenvalue weighted by molar-refractivity contribution is 0.126. The van der Waals surface area contributed by atoms with E-state index >= 15 is 0 Å². The fourth-order valence-corrected chi connectivity index (χ4v) is 2.57. The molecule has 0 radical (unpaired) electrons. The number of piperidine rings is 1. The highest BCUT2D eigenvalue weighted by Crippen LogP contribution is 2.32. The highest BCUT2D eigenvalue weighted by molar-refractivity contribution is 5.25. The molecule has 1 aliphatic rings. The molecule has 1 aromatic carbocycles. The van der Waals surface area contributed by atoms with Crippen molar-refractivity contribution in [3.05, 3.63) is 35.4 Å². The average molecular weight is 219 g/mol. The van der Waals surface area contributed by atoms with Gasteiger partial charge in [-0.25, -0.2) is 0 Å². The first-order valence-corrected chi connectivity index (χ1v) is 6.14.